The molecule has 2 aromatic carbocycles. The molecule has 0 atom stereocenters. The van der Waals surface area contributed by atoms with E-state index in [9.17, 15) is 9.18 Å². The second-order valence-electron chi connectivity index (χ2n) is 9.17. The Bertz CT molecular complexity index is 1500. The molecular formula is C30H27FN4O2. The fourth-order valence-electron chi connectivity index (χ4n) is 4.69. The molecule has 2 heterocycles. The summed E-state index contributed by atoms with van der Waals surface area (Å²) in [7, 11) is 0. The number of hydrogen-bond donors (Lipinski definition) is 2. The number of halogens is 1. The minimum absolute atomic E-state index is 0.181. The molecule has 5 rings (SSSR count). The van der Waals surface area contributed by atoms with E-state index < -0.39 is 0 Å². The van der Waals surface area contributed by atoms with Crippen LogP contribution in [0.4, 0.5) is 10.2 Å². The molecule has 37 heavy (non-hydrogen) atoms. The average Bonchev–Trinajstić information content (AvgIpc) is 3.24. The van der Waals surface area contributed by atoms with E-state index in [-0.39, 0.29) is 11.7 Å². The highest BCUT2D eigenvalue weighted by Crippen LogP contribution is 2.38. The number of fused-ring (bicyclic) bond motifs is 1. The first-order valence-electron chi connectivity index (χ1n) is 12.1. The molecule has 2 aromatic heterocycles. The molecule has 1 aliphatic rings. The molecule has 0 unspecified atom stereocenters. The molecule has 1 amide bonds. The summed E-state index contributed by atoms with van der Waals surface area (Å²) in [6.45, 7) is 4.27. The second-order valence-corrected chi connectivity index (χ2v) is 9.17. The number of nitrogens with one attached hydrogen (secondary N) is 1. The van der Waals surface area contributed by atoms with Gasteiger partial charge in [-0.25, -0.2) is 9.37 Å². The number of hydrogen-bond acceptors (Lipinski definition) is 5. The summed E-state index contributed by atoms with van der Waals surface area (Å²) in [6, 6.07) is 14.4. The van der Waals surface area contributed by atoms with Crippen LogP contribution >= 0.6 is 0 Å². The summed E-state index contributed by atoms with van der Waals surface area (Å²) in [5.74, 6) is 0.739. The summed E-state index contributed by atoms with van der Waals surface area (Å²) in [5, 5.41) is 7.09. The van der Waals surface area contributed by atoms with E-state index in [4.69, 9.17) is 10.3 Å². The van der Waals surface area contributed by atoms with E-state index in [0.29, 0.717) is 12.4 Å². The van der Waals surface area contributed by atoms with Crippen LogP contribution in [0.3, 0.4) is 0 Å². The molecule has 0 saturated carbocycles. The molecule has 6 nitrogen and oxygen atoms in total. The predicted molar refractivity (Wildman–Crippen MR) is 144 cm³/mol. The number of amides is 1. The molecule has 1 aliphatic carbocycles. The lowest BCUT2D eigenvalue weighted by atomic mass is 9.83. The smallest absolute Gasteiger partial charge is 0.244 e. The Morgan fingerprint density at radius 2 is 1.92 bits per heavy atom. The van der Waals surface area contributed by atoms with Gasteiger partial charge in [0.2, 0.25) is 5.91 Å². The van der Waals surface area contributed by atoms with Gasteiger partial charge in [-0.15, -0.1) is 0 Å². The van der Waals surface area contributed by atoms with Crippen LogP contribution in [0.2, 0.25) is 0 Å². The van der Waals surface area contributed by atoms with Crippen molar-refractivity contribution in [3.63, 3.8) is 0 Å². The fourth-order valence-corrected chi connectivity index (χ4v) is 4.69. The third-order valence-corrected chi connectivity index (χ3v) is 6.54. The zero-order valence-corrected chi connectivity index (χ0v) is 20.7. The van der Waals surface area contributed by atoms with Crippen molar-refractivity contribution in [1.29, 1.82) is 0 Å². The van der Waals surface area contributed by atoms with E-state index in [1.165, 1.54) is 23.8 Å². The summed E-state index contributed by atoms with van der Waals surface area (Å²) < 4.78 is 19.1. The largest absolute Gasteiger partial charge is 0.384 e. The van der Waals surface area contributed by atoms with Crippen molar-refractivity contribution in [2.75, 3.05) is 12.3 Å². The Labute approximate surface area is 214 Å². The minimum Gasteiger partial charge on any atom is -0.384 e. The first-order chi connectivity index (χ1) is 17.9. The normalized spacial score (nSPS) is 12.9. The molecule has 0 fully saturated rings. The molecule has 7 heteroatoms. The zero-order chi connectivity index (χ0) is 25.9. The molecule has 4 aromatic rings. The number of carbonyl (C=O) groups excluding carboxylic acids is 1. The highest BCUT2D eigenvalue weighted by Gasteiger charge is 2.20. The Hall–Kier alpha value is -4.52. The van der Waals surface area contributed by atoms with Crippen molar-refractivity contribution in [1.82, 2.24) is 15.5 Å². The number of nitrogens with zero attached hydrogens (tertiary/aromatic N) is 2. The van der Waals surface area contributed by atoms with E-state index in [1.807, 2.05) is 32.0 Å². The van der Waals surface area contributed by atoms with Crippen LogP contribution in [0.5, 0.6) is 0 Å². The van der Waals surface area contributed by atoms with Crippen LogP contribution in [0.1, 0.15) is 34.6 Å². The van der Waals surface area contributed by atoms with Gasteiger partial charge < -0.3 is 15.6 Å². The maximum absolute atomic E-state index is 13.6. The number of aryl methyl sites for hydroxylation is 2. The molecule has 0 radical (unpaired) electrons. The maximum atomic E-state index is 13.6. The Kier molecular flexibility index (Phi) is 6.68. The van der Waals surface area contributed by atoms with Gasteiger partial charge in [0.1, 0.15) is 17.4 Å². The van der Waals surface area contributed by atoms with Gasteiger partial charge >= 0.3 is 0 Å². The number of anilines is 1. The summed E-state index contributed by atoms with van der Waals surface area (Å²) >= 11 is 0. The summed E-state index contributed by atoms with van der Waals surface area (Å²) in [5.41, 5.74) is 14.6. The highest BCUT2D eigenvalue weighted by atomic mass is 19.1. The van der Waals surface area contributed by atoms with Crippen molar-refractivity contribution in [2.24, 2.45) is 0 Å². The second kappa shape index (κ2) is 10.2. The lowest BCUT2D eigenvalue weighted by Crippen LogP contribution is -2.24. The minimum atomic E-state index is -0.265. The number of rotatable bonds is 6. The standard InChI is InChI=1S/C30H27FN4O2/c1-18-30(19(2)37-35-18)24-14-23-13-21(17-34-29(36)12-5-20-4-11-28(32)33-16-20)3-10-26(23)27(15-24)22-6-8-25(31)9-7-22/h4-9,11-16H,3,10,17H2,1-2H3,(H2,32,33)(H,34,36)/b12-5+. The van der Waals surface area contributed by atoms with Gasteiger partial charge in [0, 0.05) is 24.4 Å². The van der Waals surface area contributed by atoms with Gasteiger partial charge in [-0.1, -0.05) is 28.9 Å². The lowest BCUT2D eigenvalue weighted by molar-refractivity contribution is -0.116. The van der Waals surface area contributed by atoms with Gasteiger partial charge in [-0.3, -0.25) is 4.79 Å². The number of benzene rings is 2. The van der Waals surface area contributed by atoms with E-state index >= 15 is 0 Å². The van der Waals surface area contributed by atoms with Crippen molar-refractivity contribution in [3.8, 4) is 22.3 Å². The summed E-state index contributed by atoms with van der Waals surface area (Å²) in [6.07, 6.45) is 8.59. The fraction of sp³-hybridized carbons (Fsp3) is 0.167. The van der Waals surface area contributed by atoms with Crippen LogP contribution in [-0.2, 0) is 11.2 Å². The van der Waals surface area contributed by atoms with E-state index in [1.54, 1.807) is 18.3 Å². The lowest BCUT2D eigenvalue weighted by Gasteiger charge is -2.22. The molecule has 0 spiro atoms. The molecule has 0 bridgehead atoms. The van der Waals surface area contributed by atoms with Crippen molar-refractivity contribution < 1.29 is 13.7 Å². The van der Waals surface area contributed by atoms with E-state index in [0.717, 1.165) is 63.2 Å². The van der Waals surface area contributed by atoms with Crippen molar-refractivity contribution >= 4 is 23.9 Å². The van der Waals surface area contributed by atoms with Gasteiger partial charge in [-0.2, -0.15) is 0 Å². The number of pyridine rings is 1. The van der Waals surface area contributed by atoms with Crippen LogP contribution < -0.4 is 11.1 Å². The third-order valence-electron chi connectivity index (χ3n) is 6.54. The topological polar surface area (TPSA) is 94.0 Å². The first kappa shape index (κ1) is 24.2. The van der Waals surface area contributed by atoms with E-state index in [2.05, 4.69) is 33.7 Å². The molecule has 186 valence electrons. The number of carbonyl (C=O) groups is 1. The zero-order valence-electron chi connectivity index (χ0n) is 20.7. The number of nitrogens with two attached hydrogens (primary N) is 1. The maximum Gasteiger partial charge on any atom is 0.244 e. The molecule has 0 saturated heterocycles. The Morgan fingerprint density at radius 3 is 2.62 bits per heavy atom. The Balaban J connectivity index is 1.42. The number of nitrogen functional groups attached to an aromatic ring is 1. The Morgan fingerprint density at radius 1 is 1.11 bits per heavy atom. The molecule has 0 aliphatic heterocycles. The van der Waals surface area contributed by atoms with Crippen LogP contribution in [0.15, 0.2) is 70.9 Å². The average molecular weight is 495 g/mol. The van der Waals surface area contributed by atoms with Crippen LogP contribution in [0.25, 0.3) is 34.4 Å². The third kappa shape index (κ3) is 5.35. The number of aromatic nitrogens is 2. The SMILES string of the molecule is Cc1noc(C)c1-c1cc2c(c(-c3ccc(F)cc3)c1)CCC(CNC(=O)/C=C/c1ccc(N)nc1)=C2. The van der Waals surface area contributed by atoms with Gasteiger partial charge in [-0.05, 0) is 103 Å². The predicted octanol–water partition coefficient (Wildman–Crippen LogP) is 5.90. The van der Waals surface area contributed by atoms with Crippen LogP contribution in [-0.4, -0.2) is 22.6 Å². The molecular weight excluding hydrogens is 467 g/mol. The van der Waals surface area contributed by atoms with Gasteiger partial charge in [0.05, 0.1) is 5.69 Å². The monoisotopic (exact) mass is 494 g/mol. The quantitative estimate of drug-likeness (QED) is 0.326. The van der Waals surface area contributed by atoms with Gasteiger partial charge in [0.25, 0.3) is 0 Å². The molecule has 3 N–H and O–H groups in total. The van der Waals surface area contributed by atoms with Crippen molar-refractivity contribution in [3.05, 3.63) is 100 Å². The highest BCUT2D eigenvalue weighted by molar-refractivity contribution is 5.92. The van der Waals surface area contributed by atoms with Crippen molar-refractivity contribution in [2.45, 2.75) is 26.7 Å². The van der Waals surface area contributed by atoms with Gasteiger partial charge in [0.15, 0.2) is 0 Å². The first-order valence-corrected chi connectivity index (χ1v) is 12.1. The van der Waals surface area contributed by atoms with Crippen LogP contribution in [0, 0.1) is 19.7 Å². The summed E-state index contributed by atoms with van der Waals surface area (Å²) in [4.78, 5) is 16.4.